The molecule has 6 nitrogen and oxygen atoms in total. The van der Waals surface area contributed by atoms with Crippen LogP contribution >= 0.6 is 12.2 Å². The summed E-state index contributed by atoms with van der Waals surface area (Å²) in [4.78, 5) is 0.265. The molecular formula is C10H20N2O4S3. The molecule has 0 amide bonds. The van der Waals surface area contributed by atoms with Crippen LogP contribution in [-0.4, -0.2) is 56.0 Å². The van der Waals surface area contributed by atoms with Crippen LogP contribution in [0.25, 0.3) is 0 Å². The van der Waals surface area contributed by atoms with E-state index in [0.717, 1.165) is 0 Å². The number of hydrogen-bond donors (Lipinski definition) is 1. The van der Waals surface area contributed by atoms with Crippen molar-refractivity contribution in [3.8, 4) is 0 Å². The summed E-state index contributed by atoms with van der Waals surface area (Å²) in [7, 11) is -5.08. The largest absolute Gasteiger partial charge is 0.393 e. The highest BCUT2D eigenvalue weighted by atomic mass is 32.2. The molecule has 1 aliphatic heterocycles. The molecule has 0 aromatic heterocycles. The van der Waals surface area contributed by atoms with E-state index in [9.17, 15) is 16.8 Å². The lowest BCUT2D eigenvalue weighted by Crippen LogP contribution is -2.45. The van der Waals surface area contributed by atoms with Crippen molar-refractivity contribution >= 4 is 37.1 Å². The van der Waals surface area contributed by atoms with Gasteiger partial charge in [-0.05, 0) is 19.8 Å². The van der Waals surface area contributed by atoms with E-state index in [1.54, 1.807) is 6.92 Å². The van der Waals surface area contributed by atoms with Crippen LogP contribution in [-0.2, 0) is 19.9 Å². The van der Waals surface area contributed by atoms with Crippen LogP contribution in [0.15, 0.2) is 0 Å². The molecule has 0 saturated carbocycles. The van der Waals surface area contributed by atoms with Crippen molar-refractivity contribution in [2.75, 3.05) is 18.6 Å². The van der Waals surface area contributed by atoms with Crippen molar-refractivity contribution < 1.29 is 16.8 Å². The average Bonchev–Trinajstić information content (AvgIpc) is 2.26. The van der Waals surface area contributed by atoms with Gasteiger partial charge in [-0.2, -0.15) is 0 Å². The zero-order valence-electron chi connectivity index (χ0n) is 11.1. The Morgan fingerprint density at radius 2 is 1.89 bits per heavy atom. The van der Waals surface area contributed by atoms with Gasteiger partial charge < -0.3 is 5.73 Å². The molecule has 2 N–H and O–H groups in total. The fourth-order valence-corrected chi connectivity index (χ4v) is 5.98. The van der Waals surface area contributed by atoms with Crippen LogP contribution in [0.2, 0.25) is 0 Å². The van der Waals surface area contributed by atoms with Crippen molar-refractivity contribution in [3.05, 3.63) is 0 Å². The SMILES string of the molecule is CC(CC(N)=S)N(C)S(=O)(=O)C1CCS(=O)(=O)CC1. The first-order chi connectivity index (χ1) is 8.56. The van der Waals surface area contributed by atoms with E-state index in [1.807, 2.05) is 0 Å². The van der Waals surface area contributed by atoms with Gasteiger partial charge in [0.1, 0.15) is 9.84 Å². The van der Waals surface area contributed by atoms with Crippen molar-refractivity contribution in [3.63, 3.8) is 0 Å². The molecule has 1 heterocycles. The second kappa shape index (κ2) is 6.02. The molecular weight excluding hydrogens is 308 g/mol. The Morgan fingerprint density at radius 3 is 2.32 bits per heavy atom. The lowest BCUT2D eigenvalue weighted by Gasteiger charge is -2.30. The zero-order valence-corrected chi connectivity index (χ0v) is 13.5. The van der Waals surface area contributed by atoms with Crippen LogP contribution in [0.4, 0.5) is 0 Å². The fourth-order valence-electron chi connectivity index (χ4n) is 2.07. The summed E-state index contributed by atoms with van der Waals surface area (Å²) in [5, 5.41) is -0.630. The number of sulfonamides is 1. The first-order valence-electron chi connectivity index (χ1n) is 6.02. The molecule has 0 radical (unpaired) electrons. The molecule has 0 aromatic rings. The van der Waals surface area contributed by atoms with Gasteiger partial charge in [-0.1, -0.05) is 12.2 Å². The molecule has 1 fully saturated rings. The van der Waals surface area contributed by atoms with Crippen LogP contribution in [0.1, 0.15) is 26.2 Å². The first kappa shape index (κ1) is 16.8. The summed E-state index contributed by atoms with van der Waals surface area (Å²) in [6.45, 7) is 1.73. The van der Waals surface area contributed by atoms with Crippen molar-refractivity contribution in [2.24, 2.45) is 5.73 Å². The molecule has 1 saturated heterocycles. The number of hydrogen-bond acceptors (Lipinski definition) is 5. The van der Waals surface area contributed by atoms with Gasteiger partial charge in [-0.15, -0.1) is 0 Å². The number of sulfone groups is 1. The zero-order chi connectivity index (χ0) is 14.8. The van der Waals surface area contributed by atoms with Crippen LogP contribution in [0.5, 0.6) is 0 Å². The standard InChI is InChI=1S/C10H20N2O4S3/c1-8(7-10(11)17)12(2)19(15,16)9-3-5-18(13,14)6-4-9/h8-9H,3-7H2,1-2H3,(H2,11,17). The number of nitrogens with two attached hydrogens (primary N) is 1. The van der Waals surface area contributed by atoms with Crippen LogP contribution in [0, 0.1) is 0 Å². The third-order valence-electron chi connectivity index (χ3n) is 3.44. The van der Waals surface area contributed by atoms with Crippen molar-refractivity contribution in [2.45, 2.75) is 37.5 Å². The van der Waals surface area contributed by atoms with E-state index in [2.05, 4.69) is 0 Å². The smallest absolute Gasteiger partial charge is 0.217 e. The average molecular weight is 328 g/mol. The minimum Gasteiger partial charge on any atom is -0.393 e. The molecule has 112 valence electrons. The molecule has 9 heteroatoms. The summed E-state index contributed by atoms with van der Waals surface area (Å²) < 4.78 is 48.7. The number of rotatable bonds is 5. The Kier molecular flexibility index (Phi) is 5.33. The Morgan fingerprint density at radius 1 is 1.42 bits per heavy atom. The van der Waals surface area contributed by atoms with Gasteiger partial charge in [0.25, 0.3) is 0 Å². The van der Waals surface area contributed by atoms with Crippen LogP contribution in [0.3, 0.4) is 0 Å². The quantitative estimate of drug-likeness (QED) is 0.707. The minimum atomic E-state index is -3.50. The first-order valence-corrected chi connectivity index (χ1v) is 9.75. The van der Waals surface area contributed by atoms with Gasteiger partial charge in [-0.3, -0.25) is 0 Å². The van der Waals surface area contributed by atoms with E-state index in [0.29, 0.717) is 6.42 Å². The Labute approximate surface area is 120 Å². The monoisotopic (exact) mass is 328 g/mol. The highest BCUT2D eigenvalue weighted by Crippen LogP contribution is 2.23. The third-order valence-corrected chi connectivity index (χ3v) is 7.80. The predicted molar refractivity (Wildman–Crippen MR) is 79.2 cm³/mol. The summed E-state index contributed by atoms with van der Waals surface area (Å²) in [5.74, 6) is -0.122. The van der Waals surface area contributed by atoms with E-state index >= 15 is 0 Å². The van der Waals surface area contributed by atoms with Gasteiger partial charge in [0, 0.05) is 19.5 Å². The molecule has 1 aliphatic rings. The Bertz CT molecular complexity index is 527. The maximum Gasteiger partial charge on any atom is 0.217 e. The van der Waals surface area contributed by atoms with Crippen LogP contribution < -0.4 is 5.73 Å². The maximum atomic E-state index is 12.4. The molecule has 19 heavy (non-hydrogen) atoms. The Hall–Kier alpha value is -0.250. The molecule has 1 rings (SSSR count). The second-order valence-corrected chi connectivity index (χ2v) is 10.0. The fraction of sp³-hybridized carbons (Fsp3) is 0.900. The predicted octanol–water partition coefficient (Wildman–Crippen LogP) is -0.110. The molecule has 0 spiro atoms. The normalized spacial score (nSPS) is 22.3. The second-order valence-electron chi connectivity index (χ2n) is 4.93. The molecule has 0 aliphatic carbocycles. The topological polar surface area (TPSA) is 97.5 Å². The molecule has 1 atom stereocenters. The number of thiocarbonyl (C=S) groups is 1. The summed E-state index contributed by atoms with van der Waals surface area (Å²) >= 11 is 4.78. The van der Waals surface area contributed by atoms with E-state index < -0.39 is 25.1 Å². The van der Waals surface area contributed by atoms with Gasteiger partial charge in [0.15, 0.2) is 0 Å². The van der Waals surface area contributed by atoms with Crippen molar-refractivity contribution in [1.29, 1.82) is 0 Å². The number of nitrogens with zero attached hydrogens (tertiary/aromatic N) is 1. The molecule has 0 bridgehead atoms. The molecule has 1 unspecified atom stereocenters. The van der Waals surface area contributed by atoms with E-state index in [-0.39, 0.29) is 35.4 Å². The van der Waals surface area contributed by atoms with E-state index in [4.69, 9.17) is 18.0 Å². The molecule has 0 aromatic carbocycles. The summed E-state index contributed by atoms with van der Waals surface area (Å²) in [5.41, 5.74) is 5.42. The third kappa shape index (κ3) is 4.37. The van der Waals surface area contributed by atoms with Gasteiger partial charge >= 0.3 is 0 Å². The summed E-state index contributed by atoms with van der Waals surface area (Å²) in [6, 6.07) is -0.318. The lowest BCUT2D eigenvalue weighted by atomic mass is 10.2. The Balaban J connectivity index is 2.78. The van der Waals surface area contributed by atoms with Crippen molar-refractivity contribution in [1.82, 2.24) is 4.31 Å². The maximum absolute atomic E-state index is 12.4. The lowest BCUT2D eigenvalue weighted by molar-refractivity contribution is 0.387. The van der Waals surface area contributed by atoms with Gasteiger partial charge in [0.2, 0.25) is 10.0 Å². The van der Waals surface area contributed by atoms with E-state index in [1.165, 1.54) is 11.4 Å². The highest BCUT2D eigenvalue weighted by Gasteiger charge is 2.36. The van der Waals surface area contributed by atoms with Gasteiger partial charge in [-0.25, -0.2) is 21.1 Å². The van der Waals surface area contributed by atoms with Gasteiger partial charge in [0.05, 0.1) is 21.7 Å². The highest BCUT2D eigenvalue weighted by molar-refractivity contribution is 7.92. The summed E-state index contributed by atoms with van der Waals surface area (Å²) in [6.07, 6.45) is 0.639. The minimum absolute atomic E-state index is 0.0611.